The molecular formula is C26H27NO6. The number of fused-ring (bicyclic) bond motifs is 1. The molecule has 3 rings (SSSR count). The van der Waals surface area contributed by atoms with Crippen molar-refractivity contribution in [1.82, 2.24) is 5.32 Å². The first-order valence-corrected chi connectivity index (χ1v) is 11.0. The fraction of sp³-hybridized carbons (Fsp3) is 0.269. The van der Waals surface area contributed by atoms with Crippen LogP contribution in [0.5, 0.6) is 11.5 Å². The van der Waals surface area contributed by atoms with E-state index in [1.165, 1.54) is 18.2 Å². The van der Waals surface area contributed by atoms with Crippen molar-refractivity contribution in [1.29, 1.82) is 0 Å². The second kappa shape index (κ2) is 11.7. The number of nitrogens with one attached hydrogen (secondary N) is 1. The zero-order chi connectivity index (χ0) is 23.6. The summed E-state index contributed by atoms with van der Waals surface area (Å²) in [5.41, 5.74) is 0.236. The van der Waals surface area contributed by atoms with Gasteiger partial charge in [-0.3, -0.25) is 4.79 Å². The Balaban J connectivity index is 1.64. The second-order valence-corrected chi connectivity index (χ2v) is 7.43. The second-order valence-electron chi connectivity index (χ2n) is 7.43. The molecule has 1 heterocycles. The van der Waals surface area contributed by atoms with E-state index in [1.807, 2.05) is 31.2 Å². The molecule has 0 spiro atoms. The fourth-order valence-electron chi connectivity index (χ4n) is 2.97. The van der Waals surface area contributed by atoms with Gasteiger partial charge in [0.15, 0.2) is 0 Å². The van der Waals surface area contributed by atoms with E-state index < -0.39 is 17.5 Å². The van der Waals surface area contributed by atoms with Crippen molar-refractivity contribution in [2.24, 2.45) is 0 Å². The van der Waals surface area contributed by atoms with Gasteiger partial charge in [-0.05, 0) is 54.8 Å². The lowest BCUT2D eigenvalue weighted by molar-refractivity contribution is -0.128. The molecule has 0 aliphatic heterocycles. The molecule has 1 aromatic heterocycles. The van der Waals surface area contributed by atoms with E-state index in [-0.39, 0.29) is 16.9 Å². The van der Waals surface area contributed by atoms with Gasteiger partial charge in [-0.1, -0.05) is 32.4 Å². The molecule has 0 radical (unpaired) electrons. The highest BCUT2D eigenvalue weighted by atomic mass is 16.5. The van der Waals surface area contributed by atoms with E-state index in [1.54, 1.807) is 18.2 Å². The van der Waals surface area contributed by atoms with Crippen LogP contribution in [0.25, 0.3) is 17.0 Å². The van der Waals surface area contributed by atoms with Crippen LogP contribution in [0.4, 0.5) is 0 Å². The summed E-state index contributed by atoms with van der Waals surface area (Å²) in [7, 11) is 0. The number of ether oxygens (including phenoxy) is 2. The van der Waals surface area contributed by atoms with Gasteiger partial charge in [-0.2, -0.15) is 0 Å². The van der Waals surface area contributed by atoms with Gasteiger partial charge in [-0.15, -0.1) is 0 Å². The Kier molecular flexibility index (Phi) is 8.41. The van der Waals surface area contributed by atoms with Crippen LogP contribution in [0.2, 0.25) is 0 Å². The molecular weight excluding hydrogens is 422 g/mol. The van der Waals surface area contributed by atoms with Gasteiger partial charge in [0.2, 0.25) is 0 Å². The van der Waals surface area contributed by atoms with E-state index in [2.05, 4.69) is 12.2 Å². The van der Waals surface area contributed by atoms with Crippen molar-refractivity contribution >= 4 is 28.9 Å². The average molecular weight is 450 g/mol. The van der Waals surface area contributed by atoms with Crippen LogP contribution in [0.1, 0.15) is 49.0 Å². The van der Waals surface area contributed by atoms with Gasteiger partial charge >= 0.3 is 11.6 Å². The summed E-state index contributed by atoms with van der Waals surface area (Å²) in [5.74, 6) is -0.0424. The minimum Gasteiger partial charge on any atom is -0.494 e. The quantitative estimate of drug-likeness (QED) is 0.158. The van der Waals surface area contributed by atoms with Gasteiger partial charge < -0.3 is 19.2 Å². The Morgan fingerprint density at radius 1 is 1.00 bits per heavy atom. The summed E-state index contributed by atoms with van der Waals surface area (Å²) in [6.45, 7) is 5.17. The third-order valence-corrected chi connectivity index (χ3v) is 4.76. The molecule has 0 fully saturated rings. The lowest BCUT2D eigenvalue weighted by Gasteiger charge is -2.06. The molecule has 0 saturated heterocycles. The Labute approximate surface area is 192 Å². The molecule has 0 aliphatic rings. The van der Waals surface area contributed by atoms with Crippen LogP contribution in [0.15, 0.2) is 63.8 Å². The SMILES string of the molecule is CCCCOc1ccc(/C=C/C(=O)Oc2ccc3cc(C(=O)NCCC)c(=O)oc3c2)cc1. The predicted molar refractivity (Wildman–Crippen MR) is 127 cm³/mol. The number of amides is 1. The molecule has 0 unspecified atom stereocenters. The van der Waals surface area contributed by atoms with Crippen LogP contribution in [0, 0.1) is 0 Å². The smallest absolute Gasteiger partial charge is 0.349 e. The lowest BCUT2D eigenvalue weighted by Crippen LogP contribution is -2.28. The Bertz CT molecular complexity index is 1190. The molecule has 33 heavy (non-hydrogen) atoms. The lowest BCUT2D eigenvalue weighted by atomic mass is 10.1. The summed E-state index contributed by atoms with van der Waals surface area (Å²) in [5, 5.41) is 3.20. The zero-order valence-electron chi connectivity index (χ0n) is 18.8. The molecule has 172 valence electrons. The van der Waals surface area contributed by atoms with E-state index in [9.17, 15) is 14.4 Å². The minimum atomic E-state index is -0.749. The van der Waals surface area contributed by atoms with E-state index >= 15 is 0 Å². The predicted octanol–water partition coefficient (Wildman–Crippen LogP) is 4.73. The van der Waals surface area contributed by atoms with Crippen LogP contribution in [-0.2, 0) is 4.79 Å². The number of rotatable bonds is 10. The molecule has 0 bridgehead atoms. The van der Waals surface area contributed by atoms with Crippen LogP contribution in [0.3, 0.4) is 0 Å². The molecule has 1 N–H and O–H groups in total. The van der Waals surface area contributed by atoms with Crippen molar-refractivity contribution in [3.05, 3.63) is 76.2 Å². The van der Waals surface area contributed by atoms with E-state index in [0.717, 1.165) is 30.6 Å². The third kappa shape index (κ3) is 6.80. The first-order valence-electron chi connectivity index (χ1n) is 11.0. The molecule has 0 atom stereocenters. The van der Waals surface area contributed by atoms with Crippen LogP contribution in [-0.4, -0.2) is 25.0 Å². The molecule has 7 nitrogen and oxygen atoms in total. The molecule has 1 amide bonds. The Morgan fingerprint density at radius 3 is 2.48 bits per heavy atom. The molecule has 7 heteroatoms. The molecule has 3 aromatic rings. The van der Waals surface area contributed by atoms with E-state index in [4.69, 9.17) is 13.9 Å². The third-order valence-electron chi connectivity index (χ3n) is 4.76. The summed E-state index contributed by atoms with van der Waals surface area (Å²) in [6.07, 6.45) is 5.78. The average Bonchev–Trinajstić information content (AvgIpc) is 2.81. The van der Waals surface area contributed by atoms with Gasteiger partial charge in [0.1, 0.15) is 22.6 Å². The first kappa shape index (κ1) is 23.8. The summed E-state index contributed by atoms with van der Waals surface area (Å²) in [6, 6.07) is 13.5. The van der Waals surface area contributed by atoms with Crippen LogP contribution >= 0.6 is 0 Å². The standard InChI is InChI=1S/C26H27NO6/c1-3-5-15-31-20-10-6-18(7-11-20)8-13-24(28)32-21-12-9-19-16-22(25(29)27-14-4-2)26(30)33-23(19)17-21/h6-13,16-17H,3-5,14-15H2,1-2H3,(H,27,29)/b13-8+. The number of esters is 1. The number of hydrogen-bond donors (Lipinski definition) is 1. The highest BCUT2D eigenvalue weighted by Gasteiger charge is 2.14. The number of benzene rings is 2. The topological polar surface area (TPSA) is 94.8 Å². The summed E-state index contributed by atoms with van der Waals surface area (Å²) >= 11 is 0. The maximum Gasteiger partial charge on any atom is 0.349 e. The number of carbonyl (C=O) groups is 2. The Hall–Kier alpha value is -3.87. The van der Waals surface area contributed by atoms with E-state index in [0.29, 0.717) is 18.5 Å². The van der Waals surface area contributed by atoms with Crippen molar-refractivity contribution < 1.29 is 23.5 Å². The van der Waals surface area contributed by atoms with Gasteiger partial charge in [0.05, 0.1) is 6.61 Å². The maximum absolute atomic E-state index is 12.2. The zero-order valence-corrected chi connectivity index (χ0v) is 18.8. The van der Waals surface area contributed by atoms with Gasteiger partial charge in [0.25, 0.3) is 5.91 Å². The number of unbranched alkanes of at least 4 members (excludes halogenated alkanes) is 1. The van der Waals surface area contributed by atoms with Crippen molar-refractivity contribution in [2.75, 3.05) is 13.2 Å². The fourth-order valence-corrected chi connectivity index (χ4v) is 2.97. The van der Waals surface area contributed by atoms with Crippen molar-refractivity contribution in [2.45, 2.75) is 33.1 Å². The molecule has 0 saturated carbocycles. The van der Waals surface area contributed by atoms with Gasteiger partial charge in [-0.25, -0.2) is 9.59 Å². The van der Waals surface area contributed by atoms with Crippen molar-refractivity contribution in [3.63, 3.8) is 0 Å². The highest BCUT2D eigenvalue weighted by Crippen LogP contribution is 2.21. The molecule has 2 aromatic carbocycles. The van der Waals surface area contributed by atoms with Crippen molar-refractivity contribution in [3.8, 4) is 11.5 Å². The highest BCUT2D eigenvalue weighted by molar-refractivity contribution is 5.97. The monoisotopic (exact) mass is 449 g/mol. The number of carbonyl (C=O) groups excluding carboxylic acids is 2. The largest absolute Gasteiger partial charge is 0.494 e. The summed E-state index contributed by atoms with van der Waals surface area (Å²) in [4.78, 5) is 36.5. The normalized spacial score (nSPS) is 11.0. The van der Waals surface area contributed by atoms with Crippen LogP contribution < -0.4 is 20.4 Å². The minimum absolute atomic E-state index is 0.0644. The Morgan fingerprint density at radius 2 is 1.76 bits per heavy atom. The molecule has 0 aliphatic carbocycles. The van der Waals surface area contributed by atoms with Gasteiger partial charge in [0, 0.05) is 24.1 Å². The first-order chi connectivity index (χ1) is 16.0. The maximum atomic E-state index is 12.2. The summed E-state index contributed by atoms with van der Waals surface area (Å²) < 4.78 is 16.2. The number of hydrogen-bond acceptors (Lipinski definition) is 6.